The molecule has 2 N–H and O–H groups in total. The highest BCUT2D eigenvalue weighted by atomic mass is 79.9. The molecule has 0 aromatic carbocycles. The van der Waals surface area contributed by atoms with Crippen molar-refractivity contribution in [1.82, 2.24) is 15.5 Å². The van der Waals surface area contributed by atoms with Gasteiger partial charge in [-0.25, -0.2) is 0 Å². The molecule has 7 heteroatoms. The van der Waals surface area contributed by atoms with Crippen molar-refractivity contribution in [2.24, 2.45) is 0 Å². The minimum atomic E-state index is 0. The lowest BCUT2D eigenvalue weighted by Gasteiger charge is -2.27. The molecule has 0 atom stereocenters. The number of hydrogen-bond acceptors (Lipinski definition) is 4. The summed E-state index contributed by atoms with van der Waals surface area (Å²) in [5, 5.41) is 8.41. The van der Waals surface area contributed by atoms with Crippen LogP contribution in [0.4, 0.5) is 0 Å². The van der Waals surface area contributed by atoms with Crippen molar-refractivity contribution in [1.29, 1.82) is 0 Å². The number of thiophene rings is 1. The standard InChI is InChI=1S/C14H22BrN3OS.ClH/c15-12-10-13(20-11-12)2-3-14(19)17-4-1-7-18-8-5-16-6-9-18;/h10-11,16H,1-9H2,(H,17,19);1H. The summed E-state index contributed by atoms with van der Waals surface area (Å²) >= 11 is 5.13. The number of hydrogen-bond donors (Lipinski definition) is 2. The molecule has 0 bridgehead atoms. The van der Waals surface area contributed by atoms with Gasteiger partial charge in [-0.05, 0) is 41.4 Å². The number of rotatable bonds is 7. The zero-order valence-electron chi connectivity index (χ0n) is 12.1. The van der Waals surface area contributed by atoms with Gasteiger partial charge in [0, 0.05) is 53.9 Å². The topological polar surface area (TPSA) is 44.4 Å². The molecule has 0 saturated carbocycles. The number of amides is 1. The number of nitrogens with one attached hydrogen (secondary N) is 2. The van der Waals surface area contributed by atoms with Crippen molar-refractivity contribution in [2.75, 3.05) is 39.3 Å². The van der Waals surface area contributed by atoms with Gasteiger partial charge in [-0.15, -0.1) is 23.7 Å². The number of halogens is 2. The summed E-state index contributed by atoms with van der Waals surface area (Å²) in [6.07, 6.45) is 2.46. The number of piperazine rings is 1. The van der Waals surface area contributed by atoms with E-state index in [-0.39, 0.29) is 18.3 Å². The monoisotopic (exact) mass is 395 g/mol. The Labute approximate surface area is 145 Å². The fourth-order valence-corrected chi connectivity index (χ4v) is 3.73. The van der Waals surface area contributed by atoms with Gasteiger partial charge in [0.25, 0.3) is 0 Å². The highest BCUT2D eigenvalue weighted by Crippen LogP contribution is 2.20. The smallest absolute Gasteiger partial charge is 0.220 e. The van der Waals surface area contributed by atoms with Crippen molar-refractivity contribution in [3.63, 3.8) is 0 Å². The molecule has 0 aliphatic carbocycles. The van der Waals surface area contributed by atoms with E-state index in [0.717, 1.165) is 56.6 Å². The van der Waals surface area contributed by atoms with Crippen LogP contribution in [-0.4, -0.2) is 50.1 Å². The molecule has 21 heavy (non-hydrogen) atoms. The van der Waals surface area contributed by atoms with E-state index in [1.54, 1.807) is 11.3 Å². The van der Waals surface area contributed by atoms with Crippen molar-refractivity contribution < 1.29 is 4.79 Å². The molecule has 2 heterocycles. The van der Waals surface area contributed by atoms with Crippen LogP contribution in [0.25, 0.3) is 0 Å². The third-order valence-electron chi connectivity index (χ3n) is 3.40. The maximum atomic E-state index is 11.7. The van der Waals surface area contributed by atoms with Crippen molar-refractivity contribution in [2.45, 2.75) is 19.3 Å². The Kier molecular flexibility index (Phi) is 9.51. The maximum absolute atomic E-state index is 11.7. The Morgan fingerprint density at radius 2 is 2.19 bits per heavy atom. The second kappa shape index (κ2) is 10.6. The first-order valence-corrected chi connectivity index (χ1v) is 8.84. The van der Waals surface area contributed by atoms with Gasteiger partial charge in [0.2, 0.25) is 5.91 Å². The molecule has 4 nitrogen and oxygen atoms in total. The minimum absolute atomic E-state index is 0. The third-order valence-corrected chi connectivity index (χ3v) is 5.16. The second-order valence-corrected chi connectivity index (χ2v) is 6.94. The average Bonchev–Trinajstić information content (AvgIpc) is 2.88. The molecular weight excluding hydrogens is 374 g/mol. The summed E-state index contributed by atoms with van der Waals surface area (Å²) in [4.78, 5) is 15.4. The first-order chi connectivity index (χ1) is 9.74. The van der Waals surface area contributed by atoms with Gasteiger partial charge < -0.3 is 15.5 Å². The summed E-state index contributed by atoms with van der Waals surface area (Å²) in [5.74, 6) is 0.162. The highest BCUT2D eigenvalue weighted by molar-refractivity contribution is 9.10. The summed E-state index contributed by atoms with van der Waals surface area (Å²) in [5.41, 5.74) is 0. The Morgan fingerprint density at radius 3 is 2.86 bits per heavy atom. The summed E-state index contributed by atoms with van der Waals surface area (Å²) in [6.45, 7) is 6.30. The number of carbonyl (C=O) groups excluding carboxylic acids is 1. The number of carbonyl (C=O) groups is 1. The van der Waals surface area contributed by atoms with Crippen LogP contribution in [0, 0.1) is 0 Å². The van der Waals surface area contributed by atoms with E-state index in [4.69, 9.17) is 0 Å². The Hall–Kier alpha value is -0.140. The Bertz CT molecular complexity index is 424. The number of aryl methyl sites for hydroxylation is 1. The van der Waals surface area contributed by atoms with Gasteiger partial charge in [0.05, 0.1) is 0 Å². The second-order valence-electron chi connectivity index (χ2n) is 5.03. The van der Waals surface area contributed by atoms with Crippen LogP contribution >= 0.6 is 39.7 Å². The van der Waals surface area contributed by atoms with Gasteiger partial charge in [0.1, 0.15) is 0 Å². The molecule has 0 spiro atoms. The highest BCUT2D eigenvalue weighted by Gasteiger charge is 2.09. The molecule has 1 aliphatic rings. The van der Waals surface area contributed by atoms with Gasteiger partial charge in [-0.2, -0.15) is 0 Å². The average molecular weight is 397 g/mol. The lowest BCUT2D eigenvalue weighted by Crippen LogP contribution is -2.44. The largest absolute Gasteiger partial charge is 0.356 e. The van der Waals surface area contributed by atoms with Crippen LogP contribution < -0.4 is 10.6 Å². The maximum Gasteiger partial charge on any atom is 0.220 e. The van der Waals surface area contributed by atoms with Gasteiger partial charge in [-0.1, -0.05) is 0 Å². The zero-order chi connectivity index (χ0) is 14.2. The van der Waals surface area contributed by atoms with Crippen LogP contribution in [0.5, 0.6) is 0 Å². The molecule has 1 aromatic heterocycles. The van der Waals surface area contributed by atoms with E-state index in [0.29, 0.717) is 6.42 Å². The summed E-state index contributed by atoms with van der Waals surface area (Å²) in [6, 6.07) is 2.09. The minimum Gasteiger partial charge on any atom is -0.356 e. The van der Waals surface area contributed by atoms with Gasteiger partial charge >= 0.3 is 0 Å². The van der Waals surface area contributed by atoms with Gasteiger partial charge in [0.15, 0.2) is 0 Å². The van der Waals surface area contributed by atoms with Crippen LogP contribution in [0.2, 0.25) is 0 Å². The van der Waals surface area contributed by atoms with E-state index >= 15 is 0 Å². The molecule has 1 fully saturated rings. The summed E-state index contributed by atoms with van der Waals surface area (Å²) < 4.78 is 1.11. The fourth-order valence-electron chi connectivity index (χ4n) is 2.28. The van der Waals surface area contributed by atoms with Gasteiger partial charge in [-0.3, -0.25) is 4.79 Å². The van der Waals surface area contributed by atoms with Crippen molar-refractivity contribution in [3.05, 3.63) is 20.8 Å². The lowest BCUT2D eigenvalue weighted by molar-refractivity contribution is -0.121. The first-order valence-electron chi connectivity index (χ1n) is 7.17. The van der Waals surface area contributed by atoms with Crippen molar-refractivity contribution in [3.8, 4) is 0 Å². The van der Waals surface area contributed by atoms with E-state index in [2.05, 4.69) is 42.9 Å². The SMILES string of the molecule is Cl.O=C(CCc1cc(Br)cs1)NCCCN1CCNCC1. The lowest BCUT2D eigenvalue weighted by atomic mass is 10.2. The van der Waals surface area contributed by atoms with Crippen molar-refractivity contribution >= 4 is 45.6 Å². The normalized spacial score (nSPS) is 15.5. The predicted molar refractivity (Wildman–Crippen MR) is 94.5 cm³/mol. The molecule has 1 aliphatic heterocycles. The predicted octanol–water partition coefficient (Wildman–Crippen LogP) is 2.28. The fraction of sp³-hybridized carbons (Fsp3) is 0.643. The molecule has 120 valence electrons. The zero-order valence-corrected chi connectivity index (χ0v) is 15.3. The van der Waals surface area contributed by atoms with Crippen LogP contribution in [0.1, 0.15) is 17.7 Å². The molecular formula is C14H23BrClN3OS. The van der Waals surface area contributed by atoms with Crippen LogP contribution in [0.3, 0.4) is 0 Å². The Morgan fingerprint density at radius 1 is 1.43 bits per heavy atom. The number of nitrogens with zero attached hydrogens (tertiary/aromatic N) is 1. The van der Waals surface area contributed by atoms with E-state index in [1.165, 1.54) is 4.88 Å². The molecule has 2 rings (SSSR count). The molecule has 1 aromatic rings. The summed E-state index contributed by atoms with van der Waals surface area (Å²) in [7, 11) is 0. The third kappa shape index (κ3) is 7.61. The first kappa shape index (κ1) is 18.9. The molecule has 0 radical (unpaired) electrons. The quantitative estimate of drug-likeness (QED) is 0.695. The molecule has 0 unspecified atom stereocenters. The molecule has 1 saturated heterocycles. The molecule has 1 amide bonds. The van der Waals surface area contributed by atoms with Crippen LogP contribution in [-0.2, 0) is 11.2 Å². The van der Waals surface area contributed by atoms with E-state index in [9.17, 15) is 4.79 Å². The van der Waals surface area contributed by atoms with E-state index < -0.39 is 0 Å². The van der Waals surface area contributed by atoms with E-state index in [1.807, 2.05) is 0 Å². The van der Waals surface area contributed by atoms with Crippen LogP contribution in [0.15, 0.2) is 15.9 Å². The Balaban J connectivity index is 0.00000220.